The quantitative estimate of drug-likeness (QED) is 0.641. The van der Waals surface area contributed by atoms with Crippen molar-refractivity contribution < 1.29 is 23.4 Å². The van der Waals surface area contributed by atoms with Crippen molar-refractivity contribution in [2.24, 2.45) is 0 Å². The SMILES string of the molecule is COC(=O)c1c(C#Cc2ccco2)cc(OC)cc1OC. The van der Waals surface area contributed by atoms with Crippen LogP contribution in [0.5, 0.6) is 11.5 Å². The molecular formula is C16H14O5. The highest BCUT2D eigenvalue weighted by molar-refractivity contribution is 5.95. The molecule has 0 aliphatic heterocycles. The number of carbonyl (C=O) groups excluding carboxylic acids is 1. The Balaban J connectivity index is 2.57. The van der Waals surface area contributed by atoms with Crippen molar-refractivity contribution in [2.75, 3.05) is 21.3 Å². The van der Waals surface area contributed by atoms with Crippen molar-refractivity contribution in [3.05, 3.63) is 47.4 Å². The predicted molar refractivity (Wildman–Crippen MR) is 75.6 cm³/mol. The summed E-state index contributed by atoms with van der Waals surface area (Å²) in [4.78, 5) is 11.9. The van der Waals surface area contributed by atoms with Crippen molar-refractivity contribution in [1.82, 2.24) is 0 Å². The normalized spacial score (nSPS) is 9.48. The summed E-state index contributed by atoms with van der Waals surface area (Å²) in [6.45, 7) is 0. The Morgan fingerprint density at radius 3 is 2.52 bits per heavy atom. The van der Waals surface area contributed by atoms with Crippen LogP contribution in [0.2, 0.25) is 0 Å². The van der Waals surface area contributed by atoms with Gasteiger partial charge in [0, 0.05) is 11.6 Å². The Bertz CT molecular complexity index is 689. The zero-order chi connectivity index (χ0) is 15.2. The average Bonchev–Trinajstić information content (AvgIpc) is 3.04. The number of methoxy groups -OCH3 is 3. The summed E-state index contributed by atoms with van der Waals surface area (Å²) < 4.78 is 20.3. The molecule has 0 radical (unpaired) electrons. The summed E-state index contributed by atoms with van der Waals surface area (Å²) in [6, 6.07) is 6.70. The van der Waals surface area contributed by atoms with E-state index in [0.717, 1.165) is 0 Å². The van der Waals surface area contributed by atoms with Gasteiger partial charge >= 0.3 is 5.97 Å². The van der Waals surface area contributed by atoms with Gasteiger partial charge in [-0.05, 0) is 24.1 Å². The first kappa shape index (κ1) is 14.5. The third-order valence-corrected chi connectivity index (χ3v) is 2.76. The maximum Gasteiger partial charge on any atom is 0.342 e. The van der Waals surface area contributed by atoms with Crippen LogP contribution in [0.15, 0.2) is 34.9 Å². The van der Waals surface area contributed by atoms with Crippen LogP contribution in [-0.2, 0) is 4.74 Å². The van der Waals surface area contributed by atoms with E-state index in [1.807, 2.05) is 0 Å². The molecule has 1 heterocycles. The average molecular weight is 286 g/mol. The number of esters is 1. The van der Waals surface area contributed by atoms with Gasteiger partial charge in [0.25, 0.3) is 0 Å². The second-order valence-corrected chi connectivity index (χ2v) is 3.97. The fourth-order valence-electron chi connectivity index (χ4n) is 1.76. The minimum Gasteiger partial charge on any atom is -0.497 e. The largest absolute Gasteiger partial charge is 0.497 e. The van der Waals surface area contributed by atoms with E-state index in [1.165, 1.54) is 27.6 Å². The van der Waals surface area contributed by atoms with Crippen LogP contribution in [0.1, 0.15) is 21.7 Å². The second-order valence-electron chi connectivity index (χ2n) is 3.97. The van der Waals surface area contributed by atoms with E-state index >= 15 is 0 Å². The van der Waals surface area contributed by atoms with Gasteiger partial charge in [-0.1, -0.05) is 5.92 Å². The standard InChI is InChI=1S/C16H14O5/c1-18-13-9-11(6-7-12-5-4-8-21-12)15(16(17)20-3)14(10-13)19-2/h4-5,8-10H,1-3H3. The molecule has 2 aromatic rings. The van der Waals surface area contributed by atoms with Gasteiger partial charge in [0.1, 0.15) is 17.1 Å². The zero-order valence-corrected chi connectivity index (χ0v) is 11.9. The number of hydrogen-bond acceptors (Lipinski definition) is 5. The molecule has 0 aliphatic rings. The van der Waals surface area contributed by atoms with Crippen LogP contribution in [0.3, 0.4) is 0 Å². The summed E-state index contributed by atoms with van der Waals surface area (Å²) in [5.41, 5.74) is 0.689. The molecule has 0 atom stereocenters. The molecule has 0 N–H and O–H groups in total. The molecule has 108 valence electrons. The summed E-state index contributed by atoms with van der Waals surface area (Å²) in [7, 11) is 4.29. The molecule has 0 saturated heterocycles. The predicted octanol–water partition coefficient (Wildman–Crippen LogP) is 2.48. The Morgan fingerprint density at radius 2 is 1.95 bits per heavy atom. The maximum absolute atomic E-state index is 11.9. The minimum absolute atomic E-state index is 0.250. The van der Waals surface area contributed by atoms with Gasteiger partial charge in [-0.2, -0.15) is 0 Å². The Labute approximate surface area is 122 Å². The van der Waals surface area contributed by atoms with Gasteiger partial charge in [-0.15, -0.1) is 0 Å². The Morgan fingerprint density at radius 1 is 1.14 bits per heavy atom. The summed E-state index contributed by atoms with van der Waals surface area (Å²) in [6.07, 6.45) is 1.53. The highest BCUT2D eigenvalue weighted by Gasteiger charge is 2.19. The van der Waals surface area contributed by atoms with Crippen molar-refractivity contribution >= 4 is 5.97 Å². The minimum atomic E-state index is -0.529. The fourth-order valence-corrected chi connectivity index (χ4v) is 1.76. The van der Waals surface area contributed by atoms with E-state index in [2.05, 4.69) is 11.8 Å². The number of rotatable bonds is 3. The molecule has 0 unspecified atom stereocenters. The third kappa shape index (κ3) is 3.18. The molecule has 0 amide bonds. The van der Waals surface area contributed by atoms with E-state index in [0.29, 0.717) is 22.8 Å². The number of carbonyl (C=O) groups is 1. The Kier molecular flexibility index (Phi) is 4.52. The van der Waals surface area contributed by atoms with E-state index in [9.17, 15) is 4.79 Å². The topological polar surface area (TPSA) is 57.9 Å². The lowest BCUT2D eigenvalue weighted by molar-refractivity contribution is 0.0596. The van der Waals surface area contributed by atoms with Crippen LogP contribution in [0.25, 0.3) is 0 Å². The summed E-state index contributed by atoms with van der Waals surface area (Å²) in [5, 5.41) is 0. The van der Waals surface area contributed by atoms with Gasteiger partial charge in [0.05, 0.1) is 27.6 Å². The number of benzene rings is 1. The molecule has 0 saturated carbocycles. The van der Waals surface area contributed by atoms with Crippen LogP contribution in [-0.4, -0.2) is 27.3 Å². The second kappa shape index (κ2) is 6.53. The molecule has 0 aliphatic carbocycles. The van der Waals surface area contributed by atoms with Gasteiger partial charge in [0.15, 0.2) is 5.76 Å². The molecule has 0 bridgehead atoms. The van der Waals surface area contributed by atoms with Crippen molar-refractivity contribution in [1.29, 1.82) is 0 Å². The smallest absolute Gasteiger partial charge is 0.342 e. The van der Waals surface area contributed by atoms with Crippen LogP contribution in [0, 0.1) is 11.8 Å². The number of furan rings is 1. The lowest BCUT2D eigenvalue weighted by Crippen LogP contribution is -2.07. The highest BCUT2D eigenvalue weighted by atomic mass is 16.5. The lowest BCUT2D eigenvalue weighted by atomic mass is 10.1. The number of ether oxygens (including phenoxy) is 3. The lowest BCUT2D eigenvalue weighted by Gasteiger charge is -2.11. The molecule has 1 aromatic heterocycles. The van der Waals surface area contributed by atoms with Crippen molar-refractivity contribution in [2.45, 2.75) is 0 Å². The van der Waals surface area contributed by atoms with Gasteiger partial charge < -0.3 is 18.6 Å². The highest BCUT2D eigenvalue weighted by Crippen LogP contribution is 2.29. The fraction of sp³-hybridized carbons (Fsp3) is 0.188. The molecule has 5 nitrogen and oxygen atoms in total. The van der Waals surface area contributed by atoms with E-state index in [4.69, 9.17) is 18.6 Å². The van der Waals surface area contributed by atoms with Gasteiger partial charge in [0.2, 0.25) is 0 Å². The first-order chi connectivity index (χ1) is 10.2. The van der Waals surface area contributed by atoms with Crippen LogP contribution in [0.4, 0.5) is 0 Å². The third-order valence-electron chi connectivity index (χ3n) is 2.76. The zero-order valence-electron chi connectivity index (χ0n) is 11.9. The first-order valence-electron chi connectivity index (χ1n) is 6.09. The molecule has 1 aromatic carbocycles. The van der Waals surface area contributed by atoms with E-state index < -0.39 is 5.97 Å². The van der Waals surface area contributed by atoms with E-state index in [-0.39, 0.29) is 5.56 Å². The van der Waals surface area contributed by atoms with E-state index in [1.54, 1.807) is 24.3 Å². The first-order valence-corrected chi connectivity index (χ1v) is 6.09. The molecule has 5 heteroatoms. The van der Waals surface area contributed by atoms with Crippen molar-refractivity contribution in [3.63, 3.8) is 0 Å². The number of hydrogen-bond donors (Lipinski definition) is 0. The van der Waals surface area contributed by atoms with Crippen LogP contribution < -0.4 is 9.47 Å². The van der Waals surface area contributed by atoms with Crippen molar-refractivity contribution in [3.8, 4) is 23.3 Å². The molecular weight excluding hydrogens is 272 g/mol. The molecule has 21 heavy (non-hydrogen) atoms. The summed E-state index contributed by atoms with van der Waals surface area (Å²) in [5.74, 6) is 6.54. The van der Waals surface area contributed by atoms with Gasteiger partial charge in [-0.25, -0.2) is 4.79 Å². The molecule has 0 fully saturated rings. The van der Waals surface area contributed by atoms with Gasteiger partial charge in [-0.3, -0.25) is 0 Å². The monoisotopic (exact) mass is 286 g/mol. The Hall–Kier alpha value is -2.87. The molecule has 0 spiro atoms. The summed E-state index contributed by atoms with van der Waals surface area (Å²) >= 11 is 0. The maximum atomic E-state index is 11.9. The van der Waals surface area contributed by atoms with Crippen LogP contribution >= 0.6 is 0 Å². The molecule has 2 rings (SSSR count).